The standard InChI is InChI=1S/C38H48N2O7/c1-7-23(5)13-11-15-33(41)46-25-17-18-31-27(19-25)26(9-3)28-21-40-32(35(28)39-31)20-30-29(36(40)43)22-45-37(44)38(30,10-4)47-34(42)16-12-14-24(6)8-2/h17-20,23-24H,7-16,21-22H2,1-6H3/t23?,24?,38-/m0/s1. The number of rotatable bonds is 14. The maximum Gasteiger partial charge on any atom is 0.355 e. The number of ether oxygens (including phenoxy) is 3. The van der Waals surface area contributed by atoms with Crippen LogP contribution >= 0.6 is 0 Å². The second-order valence-corrected chi connectivity index (χ2v) is 13.3. The van der Waals surface area contributed by atoms with Crippen LogP contribution in [0.1, 0.15) is 122 Å². The Morgan fingerprint density at radius 3 is 2.28 bits per heavy atom. The van der Waals surface area contributed by atoms with Crippen LogP contribution < -0.4 is 10.3 Å². The quantitative estimate of drug-likeness (QED) is 0.102. The molecule has 3 atom stereocenters. The molecule has 0 bridgehead atoms. The lowest BCUT2D eigenvalue weighted by Gasteiger charge is -2.35. The minimum absolute atomic E-state index is 0.135. The van der Waals surface area contributed by atoms with Crippen LogP contribution in [-0.2, 0) is 49.0 Å². The largest absolute Gasteiger partial charge is 0.457 e. The molecular weight excluding hydrogens is 596 g/mol. The van der Waals surface area contributed by atoms with E-state index in [1.807, 2.05) is 12.1 Å². The number of carbonyl (C=O) groups excluding carboxylic acids is 3. The molecule has 47 heavy (non-hydrogen) atoms. The number of benzene rings is 1. The number of aryl methyl sites for hydroxylation is 1. The van der Waals surface area contributed by atoms with Gasteiger partial charge in [-0.15, -0.1) is 0 Å². The molecule has 0 saturated carbocycles. The molecule has 1 aromatic carbocycles. The van der Waals surface area contributed by atoms with Gasteiger partial charge in [-0.05, 0) is 67.3 Å². The van der Waals surface area contributed by atoms with Crippen molar-refractivity contribution in [2.75, 3.05) is 0 Å². The van der Waals surface area contributed by atoms with Crippen LogP contribution in [-0.4, -0.2) is 27.5 Å². The third-order valence-electron chi connectivity index (χ3n) is 10.2. The van der Waals surface area contributed by atoms with Gasteiger partial charge >= 0.3 is 17.9 Å². The summed E-state index contributed by atoms with van der Waals surface area (Å²) >= 11 is 0. The summed E-state index contributed by atoms with van der Waals surface area (Å²) in [4.78, 5) is 58.0. The van der Waals surface area contributed by atoms with Crippen molar-refractivity contribution in [2.24, 2.45) is 11.8 Å². The molecule has 2 aliphatic heterocycles. The number of esters is 3. The van der Waals surface area contributed by atoms with Crippen LogP contribution in [0.2, 0.25) is 0 Å². The summed E-state index contributed by atoms with van der Waals surface area (Å²) in [7, 11) is 0. The molecule has 0 saturated heterocycles. The van der Waals surface area contributed by atoms with Crippen molar-refractivity contribution in [1.29, 1.82) is 0 Å². The third kappa shape index (κ3) is 6.72. The Bertz CT molecular complexity index is 1740. The highest BCUT2D eigenvalue weighted by atomic mass is 16.6. The fraction of sp³-hybridized carbons (Fsp3) is 0.553. The lowest BCUT2D eigenvalue weighted by Crippen LogP contribution is -2.47. The van der Waals surface area contributed by atoms with Crippen molar-refractivity contribution in [3.8, 4) is 17.1 Å². The summed E-state index contributed by atoms with van der Waals surface area (Å²) in [6.45, 7) is 12.5. The zero-order chi connectivity index (χ0) is 33.9. The summed E-state index contributed by atoms with van der Waals surface area (Å²) in [5.74, 6) is 0.153. The summed E-state index contributed by atoms with van der Waals surface area (Å²) in [6, 6.07) is 7.25. The van der Waals surface area contributed by atoms with Gasteiger partial charge in [-0.3, -0.25) is 14.4 Å². The number of nitrogens with zero attached hydrogens (tertiary/aromatic N) is 2. The highest BCUT2D eigenvalue weighted by molar-refractivity contribution is 5.91. The molecule has 2 aliphatic rings. The smallest absolute Gasteiger partial charge is 0.355 e. The van der Waals surface area contributed by atoms with Crippen LogP contribution in [0.3, 0.4) is 0 Å². The first-order valence-electron chi connectivity index (χ1n) is 17.4. The van der Waals surface area contributed by atoms with Crippen molar-refractivity contribution < 1.29 is 28.6 Å². The summed E-state index contributed by atoms with van der Waals surface area (Å²) < 4.78 is 18.8. The predicted octanol–water partition coefficient (Wildman–Crippen LogP) is 7.53. The molecule has 0 spiro atoms. The molecule has 4 heterocycles. The first-order valence-corrected chi connectivity index (χ1v) is 17.4. The van der Waals surface area contributed by atoms with Gasteiger partial charge in [-0.1, -0.05) is 67.2 Å². The molecule has 9 nitrogen and oxygen atoms in total. The van der Waals surface area contributed by atoms with E-state index in [1.54, 1.807) is 23.6 Å². The Hall–Kier alpha value is -4.01. The average molecular weight is 645 g/mol. The van der Waals surface area contributed by atoms with Crippen molar-refractivity contribution >= 4 is 28.8 Å². The first-order chi connectivity index (χ1) is 22.6. The molecular formula is C38H48N2O7. The van der Waals surface area contributed by atoms with E-state index in [0.717, 1.165) is 48.6 Å². The van der Waals surface area contributed by atoms with Crippen LogP contribution in [0, 0.1) is 11.8 Å². The molecule has 2 unspecified atom stereocenters. The lowest BCUT2D eigenvalue weighted by atomic mass is 9.85. The minimum atomic E-state index is -1.70. The monoisotopic (exact) mass is 644 g/mol. The second kappa shape index (κ2) is 14.4. The zero-order valence-corrected chi connectivity index (χ0v) is 28.7. The molecule has 9 heteroatoms. The van der Waals surface area contributed by atoms with E-state index in [-0.39, 0.29) is 31.0 Å². The SMILES string of the molecule is CCc1c2c(nc3ccc(OC(=O)CCCC(C)CC)cc13)-c1cc3c(c(=O)n1C2)COC(=O)[C@@]3(CC)OC(=O)CCCC(C)CC. The Balaban J connectivity index is 1.49. The van der Waals surface area contributed by atoms with Crippen LogP contribution in [0.15, 0.2) is 29.1 Å². The summed E-state index contributed by atoms with van der Waals surface area (Å²) in [5.41, 5.74) is 2.60. The Morgan fingerprint density at radius 1 is 0.957 bits per heavy atom. The minimum Gasteiger partial charge on any atom is -0.457 e. The topological polar surface area (TPSA) is 114 Å². The van der Waals surface area contributed by atoms with Gasteiger partial charge in [0.15, 0.2) is 0 Å². The number of cyclic esters (lactones) is 1. The normalized spacial score (nSPS) is 17.8. The zero-order valence-electron chi connectivity index (χ0n) is 28.7. The molecule has 2 aromatic heterocycles. The number of pyridine rings is 2. The van der Waals surface area contributed by atoms with Crippen molar-refractivity contribution in [3.05, 3.63) is 56.9 Å². The van der Waals surface area contributed by atoms with Crippen molar-refractivity contribution in [2.45, 2.75) is 125 Å². The van der Waals surface area contributed by atoms with E-state index in [9.17, 15) is 19.2 Å². The molecule has 0 radical (unpaired) electrons. The Kier molecular flexibility index (Phi) is 10.5. The van der Waals surface area contributed by atoms with E-state index in [0.29, 0.717) is 71.4 Å². The number of aromatic nitrogens is 2. The predicted molar refractivity (Wildman–Crippen MR) is 180 cm³/mol. The van der Waals surface area contributed by atoms with E-state index in [2.05, 4.69) is 34.6 Å². The number of fused-ring (bicyclic) bond motifs is 5. The average Bonchev–Trinajstić information content (AvgIpc) is 3.43. The van der Waals surface area contributed by atoms with Gasteiger partial charge in [0.2, 0.25) is 5.60 Å². The molecule has 0 N–H and O–H groups in total. The van der Waals surface area contributed by atoms with Gasteiger partial charge in [0.1, 0.15) is 12.4 Å². The van der Waals surface area contributed by atoms with Gasteiger partial charge in [0, 0.05) is 29.4 Å². The highest BCUT2D eigenvalue weighted by Crippen LogP contribution is 2.42. The fourth-order valence-electron chi connectivity index (χ4n) is 6.79. The molecule has 3 aromatic rings. The Morgan fingerprint density at radius 2 is 1.64 bits per heavy atom. The molecule has 0 aliphatic carbocycles. The van der Waals surface area contributed by atoms with Crippen LogP contribution in [0.4, 0.5) is 0 Å². The van der Waals surface area contributed by atoms with Gasteiger partial charge in [-0.25, -0.2) is 9.78 Å². The van der Waals surface area contributed by atoms with E-state index >= 15 is 0 Å². The maximum absolute atomic E-state index is 14.0. The molecule has 5 rings (SSSR count). The fourth-order valence-corrected chi connectivity index (χ4v) is 6.79. The van der Waals surface area contributed by atoms with E-state index < -0.39 is 17.5 Å². The van der Waals surface area contributed by atoms with E-state index in [1.165, 1.54) is 0 Å². The highest BCUT2D eigenvalue weighted by Gasteiger charge is 2.50. The summed E-state index contributed by atoms with van der Waals surface area (Å²) in [6.07, 6.45) is 6.81. The summed E-state index contributed by atoms with van der Waals surface area (Å²) in [5, 5.41) is 0.870. The Labute approximate surface area is 277 Å². The van der Waals surface area contributed by atoms with Gasteiger partial charge in [0.05, 0.1) is 29.0 Å². The first kappa shape index (κ1) is 34.3. The molecule has 0 fully saturated rings. The second-order valence-electron chi connectivity index (χ2n) is 13.3. The number of hydrogen-bond acceptors (Lipinski definition) is 8. The molecule has 0 amide bonds. The third-order valence-corrected chi connectivity index (χ3v) is 10.2. The van der Waals surface area contributed by atoms with Gasteiger partial charge < -0.3 is 18.8 Å². The molecule has 252 valence electrons. The van der Waals surface area contributed by atoms with E-state index in [4.69, 9.17) is 19.2 Å². The van der Waals surface area contributed by atoms with Gasteiger partial charge in [0.25, 0.3) is 5.56 Å². The maximum atomic E-state index is 14.0. The van der Waals surface area contributed by atoms with Gasteiger partial charge in [-0.2, -0.15) is 0 Å². The van der Waals surface area contributed by atoms with Crippen molar-refractivity contribution in [3.63, 3.8) is 0 Å². The lowest BCUT2D eigenvalue weighted by molar-refractivity contribution is -0.189. The van der Waals surface area contributed by atoms with Crippen LogP contribution in [0.5, 0.6) is 5.75 Å². The number of hydrogen-bond donors (Lipinski definition) is 0. The number of carbonyl (C=O) groups is 3. The van der Waals surface area contributed by atoms with Crippen LogP contribution in [0.25, 0.3) is 22.3 Å². The van der Waals surface area contributed by atoms with Crippen molar-refractivity contribution in [1.82, 2.24) is 9.55 Å².